The molecule has 0 spiro atoms. The number of aryl methyl sites for hydroxylation is 1. The monoisotopic (exact) mass is 326 g/mol. The van der Waals surface area contributed by atoms with Crippen LogP contribution in [0.15, 0.2) is 18.2 Å². The molecule has 1 N–H and O–H groups in total. The summed E-state index contributed by atoms with van der Waals surface area (Å²) in [6.45, 7) is 4.05. The van der Waals surface area contributed by atoms with Crippen molar-refractivity contribution in [3.8, 4) is 0 Å². The Morgan fingerprint density at radius 2 is 2.14 bits per heavy atom. The molecule has 0 aliphatic carbocycles. The molecular weight excluding hydrogens is 307 g/mol. The first-order valence-electron chi connectivity index (χ1n) is 6.99. The van der Waals surface area contributed by atoms with Gasteiger partial charge in [-0.05, 0) is 37.0 Å². The molecular formula is C15H19FN2OS2. The highest BCUT2D eigenvalue weighted by molar-refractivity contribution is 8.23. The van der Waals surface area contributed by atoms with Gasteiger partial charge in [0.05, 0.1) is 5.75 Å². The average Bonchev–Trinajstić information content (AvgIpc) is 3.00. The van der Waals surface area contributed by atoms with E-state index in [1.165, 1.54) is 30.7 Å². The lowest BCUT2D eigenvalue weighted by Gasteiger charge is -2.17. The quantitative estimate of drug-likeness (QED) is 0.863. The molecule has 3 nitrogen and oxygen atoms in total. The van der Waals surface area contributed by atoms with E-state index in [9.17, 15) is 9.18 Å². The van der Waals surface area contributed by atoms with E-state index in [-0.39, 0.29) is 11.7 Å². The van der Waals surface area contributed by atoms with Crippen LogP contribution in [0.5, 0.6) is 0 Å². The second kappa shape index (κ2) is 7.75. The molecule has 6 heteroatoms. The summed E-state index contributed by atoms with van der Waals surface area (Å²) in [4.78, 5) is 13.9. The van der Waals surface area contributed by atoms with E-state index in [1.807, 2.05) is 6.07 Å². The average molecular weight is 326 g/mol. The maximum Gasteiger partial charge on any atom is 0.230 e. The first-order chi connectivity index (χ1) is 10.1. The largest absolute Gasteiger partial charge is 0.358 e. The number of nitrogens with zero attached hydrogens (tertiary/aromatic N) is 1. The lowest BCUT2D eigenvalue weighted by atomic mass is 10.1. The van der Waals surface area contributed by atoms with Crippen molar-refractivity contribution < 1.29 is 9.18 Å². The van der Waals surface area contributed by atoms with Crippen LogP contribution >= 0.6 is 24.0 Å². The predicted molar refractivity (Wildman–Crippen MR) is 88.8 cm³/mol. The van der Waals surface area contributed by atoms with Crippen LogP contribution in [-0.4, -0.2) is 34.0 Å². The number of nitrogens with one attached hydrogen (secondary N) is 1. The topological polar surface area (TPSA) is 32.3 Å². The van der Waals surface area contributed by atoms with Gasteiger partial charge in [0.25, 0.3) is 0 Å². The van der Waals surface area contributed by atoms with Gasteiger partial charge in [0.2, 0.25) is 5.91 Å². The summed E-state index contributed by atoms with van der Waals surface area (Å²) in [5.74, 6) is -0.0159. The Hall–Kier alpha value is -1.14. The number of hydrogen-bond donors (Lipinski definition) is 1. The van der Waals surface area contributed by atoms with E-state index < -0.39 is 0 Å². The van der Waals surface area contributed by atoms with Crippen molar-refractivity contribution in [1.82, 2.24) is 10.2 Å². The van der Waals surface area contributed by atoms with Gasteiger partial charge in [-0.1, -0.05) is 36.1 Å². The molecule has 1 amide bonds. The molecule has 21 heavy (non-hydrogen) atoms. The molecule has 1 aliphatic rings. The highest BCUT2D eigenvalue weighted by atomic mass is 32.2. The normalized spacial score (nSPS) is 14.3. The van der Waals surface area contributed by atoms with Crippen LogP contribution in [-0.2, 0) is 11.3 Å². The molecule has 1 heterocycles. The number of halogens is 1. The van der Waals surface area contributed by atoms with Gasteiger partial charge in [-0.2, -0.15) is 0 Å². The van der Waals surface area contributed by atoms with Crippen LogP contribution in [0.2, 0.25) is 0 Å². The van der Waals surface area contributed by atoms with E-state index >= 15 is 0 Å². The van der Waals surface area contributed by atoms with Crippen LogP contribution in [0.4, 0.5) is 4.39 Å². The van der Waals surface area contributed by atoms with Crippen LogP contribution in [0.3, 0.4) is 0 Å². The van der Waals surface area contributed by atoms with Crippen LogP contribution in [0, 0.1) is 12.7 Å². The molecule has 1 aromatic rings. The first kappa shape index (κ1) is 16.2. The van der Waals surface area contributed by atoms with Crippen molar-refractivity contribution in [2.75, 3.05) is 18.8 Å². The summed E-state index contributed by atoms with van der Waals surface area (Å²) in [5.41, 5.74) is 1.37. The number of rotatable bonds is 4. The number of carbonyl (C=O) groups excluding carboxylic acids is 1. The van der Waals surface area contributed by atoms with Gasteiger partial charge in [0.15, 0.2) is 0 Å². The molecule has 0 radical (unpaired) electrons. The fourth-order valence-corrected chi connectivity index (χ4v) is 3.20. The summed E-state index contributed by atoms with van der Waals surface area (Å²) in [6.07, 6.45) is 2.35. The number of carbonyl (C=O) groups is 1. The zero-order chi connectivity index (χ0) is 15.2. The third-order valence-corrected chi connectivity index (χ3v) is 4.94. The van der Waals surface area contributed by atoms with Crippen molar-refractivity contribution in [3.63, 3.8) is 0 Å². The summed E-state index contributed by atoms with van der Waals surface area (Å²) in [5, 5.41) is 2.79. The maximum absolute atomic E-state index is 13.4. The minimum absolute atomic E-state index is 0.0810. The number of amides is 1. The number of thioether (sulfide) groups is 1. The summed E-state index contributed by atoms with van der Waals surface area (Å²) >= 11 is 6.69. The van der Waals surface area contributed by atoms with Crippen molar-refractivity contribution in [2.24, 2.45) is 0 Å². The standard InChI is InChI=1S/C15H19FN2OS2/c1-11-4-5-12(8-13(11)16)9-17-14(19)10-21-15(20)18-6-2-3-7-18/h4-5,8H,2-3,6-7,9-10H2,1H3,(H,17,19). The fourth-order valence-electron chi connectivity index (χ4n) is 2.12. The minimum atomic E-state index is -0.244. The van der Waals surface area contributed by atoms with Crippen molar-refractivity contribution in [1.29, 1.82) is 0 Å². The van der Waals surface area contributed by atoms with Crippen LogP contribution < -0.4 is 5.32 Å². The predicted octanol–water partition coefficient (Wildman–Crippen LogP) is 2.86. The SMILES string of the molecule is Cc1ccc(CNC(=O)CSC(=S)N2CCCC2)cc1F. The molecule has 0 bridgehead atoms. The van der Waals surface area contributed by atoms with Gasteiger partial charge in [-0.25, -0.2) is 4.39 Å². The van der Waals surface area contributed by atoms with Crippen molar-refractivity contribution in [3.05, 3.63) is 35.1 Å². The molecule has 2 rings (SSSR count). The number of likely N-dealkylation sites (tertiary alicyclic amines) is 1. The van der Waals surface area contributed by atoms with E-state index in [1.54, 1.807) is 13.0 Å². The number of thiocarbonyl (C=S) groups is 1. The first-order valence-corrected chi connectivity index (χ1v) is 8.39. The molecule has 0 atom stereocenters. The van der Waals surface area contributed by atoms with Crippen molar-refractivity contribution in [2.45, 2.75) is 26.3 Å². The molecule has 1 saturated heterocycles. The van der Waals surface area contributed by atoms with Gasteiger partial charge in [0, 0.05) is 19.6 Å². The summed E-state index contributed by atoms with van der Waals surface area (Å²) in [6, 6.07) is 4.99. The lowest BCUT2D eigenvalue weighted by Crippen LogP contribution is -2.28. The van der Waals surface area contributed by atoms with Crippen LogP contribution in [0.25, 0.3) is 0 Å². The summed E-state index contributed by atoms with van der Waals surface area (Å²) in [7, 11) is 0. The Bertz CT molecular complexity index is 530. The molecule has 114 valence electrons. The number of hydrogen-bond acceptors (Lipinski definition) is 3. The zero-order valence-electron chi connectivity index (χ0n) is 12.0. The van der Waals surface area contributed by atoms with Gasteiger partial charge in [-0.15, -0.1) is 0 Å². The maximum atomic E-state index is 13.4. The zero-order valence-corrected chi connectivity index (χ0v) is 13.7. The Labute approximate surface area is 134 Å². The number of benzene rings is 1. The van der Waals surface area contributed by atoms with Gasteiger partial charge >= 0.3 is 0 Å². The highest BCUT2D eigenvalue weighted by Gasteiger charge is 2.16. The highest BCUT2D eigenvalue weighted by Crippen LogP contribution is 2.16. The van der Waals surface area contributed by atoms with Gasteiger partial charge in [0.1, 0.15) is 10.1 Å². The molecule has 1 aliphatic heterocycles. The fraction of sp³-hybridized carbons (Fsp3) is 0.467. The molecule has 0 saturated carbocycles. The Balaban J connectivity index is 1.71. The third kappa shape index (κ3) is 4.97. The Morgan fingerprint density at radius 3 is 2.81 bits per heavy atom. The molecule has 1 fully saturated rings. The second-order valence-electron chi connectivity index (χ2n) is 5.11. The van der Waals surface area contributed by atoms with Gasteiger partial charge in [-0.3, -0.25) is 4.79 Å². The van der Waals surface area contributed by atoms with E-state index in [0.717, 1.165) is 23.0 Å². The minimum Gasteiger partial charge on any atom is -0.358 e. The third-order valence-electron chi connectivity index (χ3n) is 3.42. The molecule has 0 aromatic heterocycles. The van der Waals surface area contributed by atoms with E-state index in [4.69, 9.17) is 12.2 Å². The van der Waals surface area contributed by atoms with E-state index in [0.29, 0.717) is 17.9 Å². The molecule has 0 unspecified atom stereocenters. The molecule has 1 aromatic carbocycles. The summed E-state index contributed by atoms with van der Waals surface area (Å²) < 4.78 is 14.2. The van der Waals surface area contributed by atoms with E-state index in [2.05, 4.69) is 10.2 Å². The second-order valence-corrected chi connectivity index (χ2v) is 6.72. The van der Waals surface area contributed by atoms with Crippen LogP contribution in [0.1, 0.15) is 24.0 Å². The van der Waals surface area contributed by atoms with Gasteiger partial charge < -0.3 is 10.2 Å². The Kier molecular flexibility index (Phi) is 5.99. The lowest BCUT2D eigenvalue weighted by molar-refractivity contribution is -0.118. The van der Waals surface area contributed by atoms with Crippen molar-refractivity contribution >= 4 is 34.2 Å². The Morgan fingerprint density at radius 1 is 1.43 bits per heavy atom. The smallest absolute Gasteiger partial charge is 0.230 e.